The van der Waals surface area contributed by atoms with Crippen molar-refractivity contribution in [2.75, 3.05) is 5.75 Å². The molecule has 86 valence electrons. The molecule has 6 heteroatoms. The Bertz CT molecular complexity index is 519. The highest BCUT2D eigenvalue weighted by atomic mass is 32.2. The summed E-state index contributed by atoms with van der Waals surface area (Å²) in [5, 5.41) is 8.50. The number of carbonyl (C=O) groups is 1. The van der Waals surface area contributed by atoms with Crippen LogP contribution in [-0.2, 0) is 14.6 Å². The lowest BCUT2D eigenvalue weighted by atomic mass is 10.2. The number of nitrogens with zero attached hydrogens (tertiary/aromatic N) is 1. The summed E-state index contributed by atoms with van der Waals surface area (Å²) < 4.78 is 23.2. The van der Waals surface area contributed by atoms with Gasteiger partial charge in [0.25, 0.3) is 0 Å². The van der Waals surface area contributed by atoms with Gasteiger partial charge in [-0.15, -0.1) is 0 Å². The Morgan fingerprint density at radius 3 is 2.69 bits per heavy atom. The van der Waals surface area contributed by atoms with Crippen molar-refractivity contribution >= 4 is 15.8 Å². The van der Waals surface area contributed by atoms with Gasteiger partial charge >= 0.3 is 5.97 Å². The fourth-order valence-electron chi connectivity index (χ4n) is 1.49. The molecule has 0 aromatic carbocycles. The van der Waals surface area contributed by atoms with Crippen LogP contribution in [0.5, 0.6) is 0 Å². The van der Waals surface area contributed by atoms with Crippen LogP contribution in [0, 0.1) is 0 Å². The molecule has 0 amide bonds. The number of aliphatic carboxylic acids is 1. The molecule has 1 heterocycles. The largest absolute Gasteiger partial charge is 0.480 e. The number of pyridine rings is 1. The zero-order chi connectivity index (χ0) is 11.8. The lowest BCUT2D eigenvalue weighted by molar-refractivity contribution is -0.134. The van der Waals surface area contributed by atoms with Crippen molar-refractivity contribution in [1.29, 1.82) is 0 Å². The zero-order valence-corrected chi connectivity index (χ0v) is 9.27. The first-order chi connectivity index (χ1) is 7.49. The second kappa shape index (κ2) is 3.86. The van der Waals surface area contributed by atoms with Gasteiger partial charge in [-0.2, -0.15) is 0 Å². The summed E-state index contributed by atoms with van der Waals surface area (Å²) >= 11 is 0. The maximum absolute atomic E-state index is 11.6. The van der Waals surface area contributed by atoms with E-state index in [9.17, 15) is 13.2 Å². The van der Waals surface area contributed by atoms with Gasteiger partial charge in [-0.25, -0.2) is 8.42 Å². The standard InChI is InChI=1S/C10H11NO4S/c12-10(13)6-16(14,15)9-3-8(4-11-5-9)7-1-2-7/h3-5,7H,1-2,6H2,(H,12,13). The summed E-state index contributed by atoms with van der Waals surface area (Å²) in [6.45, 7) is 0. The van der Waals surface area contributed by atoms with E-state index in [2.05, 4.69) is 4.98 Å². The van der Waals surface area contributed by atoms with Gasteiger partial charge < -0.3 is 5.11 Å². The van der Waals surface area contributed by atoms with Crippen molar-refractivity contribution in [3.8, 4) is 0 Å². The topological polar surface area (TPSA) is 84.3 Å². The van der Waals surface area contributed by atoms with Crippen molar-refractivity contribution in [1.82, 2.24) is 4.98 Å². The lowest BCUT2D eigenvalue weighted by Crippen LogP contribution is -2.15. The summed E-state index contributed by atoms with van der Waals surface area (Å²) in [7, 11) is -3.75. The van der Waals surface area contributed by atoms with E-state index in [1.54, 1.807) is 6.20 Å². The summed E-state index contributed by atoms with van der Waals surface area (Å²) in [4.78, 5) is 14.3. The Kier molecular flexibility index (Phi) is 2.67. The smallest absolute Gasteiger partial charge is 0.319 e. The average Bonchev–Trinajstić information content (AvgIpc) is 2.99. The quantitative estimate of drug-likeness (QED) is 0.843. The number of carboxylic acids is 1. The van der Waals surface area contributed by atoms with Crippen LogP contribution in [0.1, 0.15) is 24.3 Å². The number of hydrogen-bond acceptors (Lipinski definition) is 4. The van der Waals surface area contributed by atoms with Crippen molar-refractivity contribution in [2.45, 2.75) is 23.7 Å². The Morgan fingerprint density at radius 2 is 2.12 bits per heavy atom. The predicted octanol–water partition coefficient (Wildman–Crippen LogP) is 0.817. The fraction of sp³-hybridized carbons (Fsp3) is 0.400. The summed E-state index contributed by atoms with van der Waals surface area (Å²) in [5.41, 5.74) is 0.881. The van der Waals surface area contributed by atoms with Crippen molar-refractivity contribution in [3.63, 3.8) is 0 Å². The van der Waals surface area contributed by atoms with Crippen molar-refractivity contribution in [3.05, 3.63) is 24.0 Å². The number of carboxylic acid groups (broad SMARTS) is 1. The van der Waals surface area contributed by atoms with E-state index in [-0.39, 0.29) is 4.90 Å². The van der Waals surface area contributed by atoms with E-state index < -0.39 is 21.6 Å². The minimum atomic E-state index is -3.75. The Morgan fingerprint density at radius 1 is 1.44 bits per heavy atom. The summed E-state index contributed by atoms with van der Waals surface area (Å²) in [6, 6.07) is 1.53. The third-order valence-electron chi connectivity index (χ3n) is 2.46. The SMILES string of the molecule is O=C(O)CS(=O)(=O)c1cncc(C2CC2)c1. The molecule has 1 N–H and O–H groups in total. The molecule has 1 saturated carbocycles. The van der Waals surface area contributed by atoms with Crippen LogP contribution in [0.2, 0.25) is 0 Å². The average molecular weight is 241 g/mol. The van der Waals surface area contributed by atoms with E-state index >= 15 is 0 Å². The molecule has 2 rings (SSSR count). The van der Waals surface area contributed by atoms with Crippen LogP contribution in [0.4, 0.5) is 0 Å². The molecular weight excluding hydrogens is 230 g/mol. The molecule has 1 aliphatic rings. The molecule has 0 saturated heterocycles. The summed E-state index contributed by atoms with van der Waals surface area (Å²) in [6.07, 6.45) is 4.93. The normalized spacial score (nSPS) is 16.0. The molecule has 1 aromatic rings. The Hall–Kier alpha value is -1.43. The highest BCUT2D eigenvalue weighted by molar-refractivity contribution is 7.92. The Labute approximate surface area is 93.1 Å². The van der Waals surface area contributed by atoms with Crippen LogP contribution in [-0.4, -0.2) is 30.2 Å². The van der Waals surface area contributed by atoms with Crippen LogP contribution in [0.15, 0.2) is 23.4 Å². The van der Waals surface area contributed by atoms with Crippen LogP contribution < -0.4 is 0 Å². The second-order valence-corrected chi connectivity index (χ2v) is 5.87. The van der Waals surface area contributed by atoms with Gasteiger partial charge in [-0.05, 0) is 30.4 Å². The number of aromatic nitrogens is 1. The van der Waals surface area contributed by atoms with E-state index in [0.717, 1.165) is 18.4 Å². The maximum Gasteiger partial charge on any atom is 0.319 e. The second-order valence-electron chi connectivity index (χ2n) is 3.88. The minimum Gasteiger partial charge on any atom is -0.480 e. The van der Waals surface area contributed by atoms with Crippen molar-refractivity contribution < 1.29 is 18.3 Å². The molecule has 5 nitrogen and oxygen atoms in total. The van der Waals surface area contributed by atoms with Gasteiger partial charge in [-0.3, -0.25) is 9.78 Å². The van der Waals surface area contributed by atoms with E-state index in [4.69, 9.17) is 5.11 Å². The fourth-order valence-corrected chi connectivity index (χ4v) is 2.52. The number of rotatable bonds is 4. The van der Waals surface area contributed by atoms with Gasteiger partial charge in [0.15, 0.2) is 15.6 Å². The van der Waals surface area contributed by atoms with Gasteiger partial charge in [0.2, 0.25) is 0 Å². The van der Waals surface area contributed by atoms with Crippen LogP contribution in [0.25, 0.3) is 0 Å². The molecule has 0 spiro atoms. The molecule has 0 radical (unpaired) electrons. The number of hydrogen-bond donors (Lipinski definition) is 1. The third kappa shape index (κ3) is 2.38. The van der Waals surface area contributed by atoms with Crippen LogP contribution in [0.3, 0.4) is 0 Å². The highest BCUT2D eigenvalue weighted by Gasteiger charge is 2.26. The lowest BCUT2D eigenvalue weighted by Gasteiger charge is -2.03. The molecule has 16 heavy (non-hydrogen) atoms. The first-order valence-corrected chi connectivity index (χ1v) is 6.54. The van der Waals surface area contributed by atoms with Gasteiger partial charge in [0.1, 0.15) is 0 Å². The first kappa shape index (κ1) is 11.1. The van der Waals surface area contributed by atoms with Gasteiger partial charge in [-0.1, -0.05) is 0 Å². The van der Waals surface area contributed by atoms with Gasteiger partial charge in [0, 0.05) is 12.4 Å². The summed E-state index contributed by atoms with van der Waals surface area (Å²) in [5.74, 6) is -1.84. The van der Waals surface area contributed by atoms with E-state index in [0.29, 0.717) is 5.92 Å². The molecule has 0 atom stereocenters. The monoisotopic (exact) mass is 241 g/mol. The van der Waals surface area contributed by atoms with Crippen LogP contribution >= 0.6 is 0 Å². The molecule has 1 aromatic heterocycles. The first-order valence-electron chi connectivity index (χ1n) is 4.88. The van der Waals surface area contributed by atoms with E-state index in [1.807, 2.05) is 0 Å². The van der Waals surface area contributed by atoms with Crippen molar-refractivity contribution in [2.24, 2.45) is 0 Å². The highest BCUT2D eigenvalue weighted by Crippen LogP contribution is 2.40. The molecule has 0 bridgehead atoms. The maximum atomic E-state index is 11.6. The predicted molar refractivity (Wildman–Crippen MR) is 55.9 cm³/mol. The van der Waals surface area contributed by atoms with Gasteiger partial charge in [0.05, 0.1) is 4.90 Å². The molecular formula is C10H11NO4S. The Balaban J connectivity index is 2.32. The molecule has 0 aliphatic heterocycles. The third-order valence-corrected chi connectivity index (χ3v) is 4.02. The van der Waals surface area contributed by atoms with E-state index in [1.165, 1.54) is 12.3 Å². The minimum absolute atomic E-state index is 0.000648. The number of sulfone groups is 1. The molecule has 1 aliphatic carbocycles. The zero-order valence-electron chi connectivity index (χ0n) is 8.46. The molecule has 0 unspecified atom stereocenters. The molecule has 1 fully saturated rings.